The van der Waals surface area contributed by atoms with E-state index in [-0.39, 0.29) is 0 Å². The molecule has 21 heavy (non-hydrogen) atoms. The average Bonchev–Trinajstić information content (AvgIpc) is 2.86. The lowest BCUT2D eigenvalue weighted by Gasteiger charge is -2.08. The average molecular weight is 321 g/mol. The number of hydrogen-bond donors (Lipinski definition) is 2. The Labute approximate surface area is 130 Å². The van der Waals surface area contributed by atoms with Gasteiger partial charge in [-0.1, -0.05) is 23.2 Å². The van der Waals surface area contributed by atoms with Gasteiger partial charge in [0.05, 0.1) is 5.69 Å². The SMILES string of the molecule is Nc1ccc(-c2nnnn2-c2cc(Cl)cc(Cl)c2)c(N)c1. The molecule has 4 N–H and O–H groups in total. The summed E-state index contributed by atoms with van der Waals surface area (Å²) in [5, 5.41) is 12.6. The summed E-state index contributed by atoms with van der Waals surface area (Å²) in [6.07, 6.45) is 0. The fraction of sp³-hybridized carbons (Fsp3) is 0. The van der Waals surface area contributed by atoms with E-state index in [0.717, 1.165) is 0 Å². The van der Waals surface area contributed by atoms with Crippen molar-refractivity contribution in [2.75, 3.05) is 11.5 Å². The lowest BCUT2D eigenvalue weighted by molar-refractivity contribution is 0.791. The first-order valence-electron chi connectivity index (χ1n) is 5.95. The van der Waals surface area contributed by atoms with E-state index in [2.05, 4.69) is 15.5 Å². The summed E-state index contributed by atoms with van der Waals surface area (Å²) in [4.78, 5) is 0. The Balaban J connectivity index is 2.17. The van der Waals surface area contributed by atoms with Gasteiger partial charge in [-0.25, -0.2) is 0 Å². The molecule has 6 nitrogen and oxygen atoms in total. The van der Waals surface area contributed by atoms with Gasteiger partial charge in [-0.15, -0.1) is 5.10 Å². The zero-order chi connectivity index (χ0) is 15.0. The van der Waals surface area contributed by atoms with Crippen molar-refractivity contribution < 1.29 is 0 Å². The van der Waals surface area contributed by atoms with Gasteiger partial charge in [0, 0.05) is 27.0 Å². The van der Waals surface area contributed by atoms with Crippen LogP contribution in [0.3, 0.4) is 0 Å². The smallest absolute Gasteiger partial charge is 0.189 e. The number of halogens is 2. The zero-order valence-corrected chi connectivity index (χ0v) is 12.2. The van der Waals surface area contributed by atoms with Crippen LogP contribution in [0.4, 0.5) is 11.4 Å². The Hall–Kier alpha value is -2.31. The number of anilines is 2. The molecular formula is C13H10Cl2N6. The van der Waals surface area contributed by atoms with Crippen LogP contribution in [0.25, 0.3) is 17.1 Å². The predicted octanol–water partition coefficient (Wildman–Crippen LogP) is 2.80. The lowest BCUT2D eigenvalue weighted by Crippen LogP contribution is -2.02. The quantitative estimate of drug-likeness (QED) is 0.708. The number of aromatic nitrogens is 4. The maximum Gasteiger partial charge on any atom is 0.189 e. The second kappa shape index (κ2) is 5.23. The molecule has 0 aliphatic heterocycles. The molecule has 0 saturated carbocycles. The molecule has 0 radical (unpaired) electrons. The number of tetrazole rings is 1. The molecule has 0 aliphatic carbocycles. The van der Waals surface area contributed by atoms with Crippen LogP contribution in [0.1, 0.15) is 0 Å². The van der Waals surface area contributed by atoms with Crippen molar-refractivity contribution in [2.24, 2.45) is 0 Å². The number of nitrogens with two attached hydrogens (primary N) is 2. The fourth-order valence-corrected chi connectivity index (χ4v) is 2.49. The van der Waals surface area contributed by atoms with Crippen LogP contribution in [0.5, 0.6) is 0 Å². The van der Waals surface area contributed by atoms with Gasteiger partial charge < -0.3 is 11.5 Å². The Morgan fingerprint density at radius 1 is 0.952 bits per heavy atom. The van der Waals surface area contributed by atoms with Crippen LogP contribution < -0.4 is 11.5 Å². The number of rotatable bonds is 2. The van der Waals surface area contributed by atoms with Crippen LogP contribution in [-0.4, -0.2) is 20.2 Å². The number of nitrogens with zero attached hydrogens (tertiary/aromatic N) is 4. The van der Waals surface area contributed by atoms with E-state index in [0.29, 0.717) is 38.5 Å². The summed E-state index contributed by atoms with van der Waals surface area (Å²) in [6.45, 7) is 0. The zero-order valence-electron chi connectivity index (χ0n) is 10.7. The molecule has 106 valence electrons. The highest BCUT2D eigenvalue weighted by atomic mass is 35.5. The molecule has 0 unspecified atom stereocenters. The van der Waals surface area contributed by atoms with E-state index in [1.54, 1.807) is 36.4 Å². The van der Waals surface area contributed by atoms with E-state index in [4.69, 9.17) is 34.7 Å². The van der Waals surface area contributed by atoms with E-state index in [1.165, 1.54) is 4.68 Å². The molecule has 8 heteroatoms. The topological polar surface area (TPSA) is 95.6 Å². The minimum absolute atomic E-state index is 0.478. The summed E-state index contributed by atoms with van der Waals surface area (Å²) in [6, 6.07) is 10.2. The summed E-state index contributed by atoms with van der Waals surface area (Å²) < 4.78 is 1.51. The third-order valence-electron chi connectivity index (χ3n) is 2.88. The van der Waals surface area contributed by atoms with Gasteiger partial charge in [0.15, 0.2) is 5.82 Å². The summed E-state index contributed by atoms with van der Waals surface area (Å²) in [7, 11) is 0. The van der Waals surface area contributed by atoms with Crippen LogP contribution in [0, 0.1) is 0 Å². The van der Waals surface area contributed by atoms with Crippen molar-refractivity contribution in [3.05, 3.63) is 46.4 Å². The van der Waals surface area contributed by atoms with Crippen LogP contribution >= 0.6 is 23.2 Å². The van der Waals surface area contributed by atoms with Gasteiger partial charge in [0.1, 0.15) is 0 Å². The van der Waals surface area contributed by atoms with Gasteiger partial charge >= 0.3 is 0 Å². The first kappa shape index (κ1) is 13.7. The minimum atomic E-state index is 0.478. The first-order valence-corrected chi connectivity index (χ1v) is 6.70. The molecule has 1 aromatic heterocycles. The normalized spacial score (nSPS) is 10.8. The van der Waals surface area contributed by atoms with E-state index < -0.39 is 0 Å². The third kappa shape index (κ3) is 2.63. The molecule has 0 saturated heterocycles. The van der Waals surface area contributed by atoms with E-state index >= 15 is 0 Å². The Morgan fingerprint density at radius 2 is 1.67 bits per heavy atom. The minimum Gasteiger partial charge on any atom is -0.399 e. The molecular weight excluding hydrogens is 311 g/mol. The Bertz CT molecular complexity index is 794. The lowest BCUT2D eigenvalue weighted by atomic mass is 10.1. The molecule has 1 heterocycles. The van der Waals surface area contributed by atoms with Crippen molar-refractivity contribution in [3.8, 4) is 17.1 Å². The summed E-state index contributed by atoms with van der Waals surface area (Å²) in [5.41, 5.74) is 14.0. The van der Waals surface area contributed by atoms with E-state index in [1.807, 2.05) is 0 Å². The van der Waals surface area contributed by atoms with Crippen LogP contribution in [-0.2, 0) is 0 Å². The monoisotopic (exact) mass is 320 g/mol. The number of nitrogen functional groups attached to an aromatic ring is 2. The second-order valence-electron chi connectivity index (χ2n) is 4.39. The molecule has 0 fully saturated rings. The largest absolute Gasteiger partial charge is 0.399 e. The highest BCUT2D eigenvalue weighted by Crippen LogP contribution is 2.28. The molecule has 2 aromatic carbocycles. The predicted molar refractivity (Wildman–Crippen MR) is 83.4 cm³/mol. The number of benzene rings is 2. The van der Waals surface area contributed by atoms with Crippen molar-refractivity contribution >= 4 is 34.6 Å². The maximum absolute atomic E-state index is 6.01. The van der Waals surface area contributed by atoms with Gasteiger partial charge in [0.25, 0.3) is 0 Å². The third-order valence-corrected chi connectivity index (χ3v) is 3.31. The highest BCUT2D eigenvalue weighted by Gasteiger charge is 2.14. The molecule has 0 atom stereocenters. The molecule has 3 aromatic rings. The molecule has 0 aliphatic rings. The Morgan fingerprint density at radius 3 is 2.33 bits per heavy atom. The van der Waals surface area contributed by atoms with Crippen molar-refractivity contribution in [3.63, 3.8) is 0 Å². The molecule has 0 amide bonds. The molecule has 0 spiro atoms. The second-order valence-corrected chi connectivity index (χ2v) is 5.26. The Kier molecular flexibility index (Phi) is 3.40. The standard InChI is InChI=1S/C13H10Cl2N6/c14-7-3-8(15)5-10(4-7)21-13(18-19-20-21)11-2-1-9(16)6-12(11)17/h1-6H,16-17H2. The molecule has 3 rings (SSSR count). The summed E-state index contributed by atoms with van der Waals surface area (Å²) in [5.74, 6) is 0.478. The highest BCUT2D eigenvalue weighted by molar-refractivity contribution is 6.34. The fourth-order valence-electron chi connectivity index (χ4n) is 1.98. The van der Waals surface area contributed by atoms with E-state index in [9.17, 15) is 0 Å². The van der Waals surface area contributed by atoms with Crippen LogP contribution in [0.2, 0.25) is 10.0 Å². The van der Waals surface area contributed by atoms with Crippen molar-refractivity contribution in [1.82, 2.24) is 20.2 Å². The summed E-state index contributed by atoms with van der Waals surface area (Å²) >= 11 is 12.0. The van der Waals surface area contributed by atoms with Crippen molar-refractivity contribution in [2.45, 2.75) is 0 Å². The first-order chi connectivity index (χ1) is 10.0. The van der Waals surface area contributed by atoms with Gasteiger partial charge in [0.2, 0.25) is 0 Å². The maximum atomic E-state index is 6.01. The van der Waals surface area contributed by atoms with Crippen molar-refractivity contribution in [1.29, 1.82) is 0 Å². The van der Waals surface area contributed by atoms with Gasteiger partial charge in [-0.3, -0.25) is 0 Å². The van der Waals surface area contributed by atoms with Gasteiger partial charge in [-0.05, 0) is 46.8 Å². The molecule has 0 bridgehead atoms. The number of hydrogen-bond acceptors (Lipinski definition) is 5. The van der Waals surface area contributed by atoms with Gasteiger partial charge in [-0.2, -0.15) is 4.68 Å². The van der Waals surface area contributed by atoms with Crippen LogP contribution in [0.15, 0.2) is 36.4 Å².